The minimum absolute atomic E-state index is 0.259. The predicted octanol–water partition coefficient (Wildman–Crippen LogP) is 2.46. The van der Waals surface area contributed by atoms with Gasteiger partial charge in [0, 0.05) is 17.8 Å². The van der Waals surface area contributed by atoms with Crippen molar-refractivity contribution in [1.29, 1.82) is 0 Å². The Hall–Kier alpha value is -1.97. The number of carbonyl (C=O) groups is 1. The SMILES string of the molecule is CCOC(=O)Nc1nc2c(s1)CN(S(=O)(=O)c1ccccc1)CC2. The first-order chi connectivity index (χ1) is 11.5. The lowest BCUT2D eigenvalue weighted by atomic mass is 10.2. The molecule has 2 aromatic rings. The van der Waals surface area contributed by atoms with Crippen LogP contribution in [0.1, 0.15) is 17.5 Å². The van der Waals surface area contributed by atoms with E-state index >= 15 is 0 Å². The first-order valence-corrected chi connectivity index (χ1v) is 9.74. The van der Waals surface area contributed by atoms with Gasteiger partial charge >= 0.3 is 6.09 Å². The first-order valence-electron chi connectivity index (χ1n) is 7.48. The van der Waals surface area contributed by atoms with E-state index in [1.165, 1.54) is 15.6 Å². The third-order valence-electron chi connectivity index (χ3n) is 3.56. The molecule has 24 heavy (non-hydrogen) atoms. The molecule has 1 aliphatic rings. The molecule has 1 aromatic carbocycles. The van der Waals surface area contributed by atoms with Gasteiger partial charge in [-0.2, -0.15) is 4.31 Å². The molecule has 3 rings (SSSR count). The van der Waals surface area contributed by atoms with Gasteiger partial charge in [-0.3, -0.25) is 5.32 Å². The molecule has 1 amide bonds. The lowest BCUT2D eigenvalue weighted by molar-refractivity contribution is 0.168. The van der Waals surface area contributed by atoms with Crippen LogP contribution in [0.3, 0.4) is 0 Å². The minimum Gasteiger partial charge on any atom is -0.450 e. The van der Waals surface area contributed by atoms with Crippen molar-refractivity contribution in [3.05, 3.63) is 40.9 Å². The Morgan fingerprint density at radius 3 is 2.83 bits per heavy atom. The van der Waals surface area contributed by atoms with E-state index in [1.807, 2.05) is 0 Å². The molecule has 0 aliphatic carbocycles. The molecule has 1 aliphatic heterocycles. The van der Waals surface area contributed by atoms with Crippen LogP contribution in [0.25, 0.3) is 0 Å². The summed E-state index contributed by atoms with van der Waals surface area (Å²) in [6.45, 7) is 2.63. The summed E-state index contributed by atoms with van der Waals surface area (Å²) in [5.74, 6) is 0. The van der Waals surface area contributed by atoms with Crippen molar-refractivity contribution in [2.75, 3.05) is 18.5 Å². The van der Waals surface area contributed by atoms with Crippen molar-refractivity contribution in [2.24, 2.45) is 0 Å². The van der Waals surface area contributed by atoms with Gasteiger partial charge < -0.3 is 4.74 Å². The molecule has 0 radical (unpaired) electrons. The summed E-state index contributed by atoms with van der Waals surface area (Å²) < 4.78 is 31.6. The molecule has 128 valence electrons. The highest BCUT2D eigenvalue weighted by molar-refractivity contribution is 7.89. The highest BCUT2D eigenvalue weighted by Gasteiger charge is 2.30. The summed E-state index contributed by atoms with van der Waals surface area (Å²) in [6.07, 6.45) is -0.0417. The second-order valence-corrected chi connectivity index (χ2v) is 8.16. The van der Waals surface area contributed by atoms with Gasteiger partial charge in [-0.15, -0.1) is 0 Å². The molecule has 9 heteroatoms. The number of anilines is 1. The number of rotatable bonds is 4. The van der Waals surface area contributed by atoms with Crippen LogP contribution in [-0.2, 0) is 27.7 Å². The highest BCUT2D eigenvalue weighted by Crippen LogP contribution is 2.31. The molecule has 0 saturated carbocycles. The topological polar surface area (TPSA) is 88.6 Å². The number of nitrogens with one attached hydrogen (secondary N) is 1. The number of amides is 1. The minimum atomic E-state index is -3.53. The zero-order valence-corrected chi connectivity index (χ0v) is 14.7. The fourth-order valence-corrected chi connectivity index (χ4v) is 4.95. The van der Waals surface area contributed by atoms with Gasteiger partial charge in [0.2, 0.25) is 10.0 Å². The summed E-state index contributed by atoms with van der Waals surface area (Å²) in [5.41, 5.74) is 0.825. The average molecular weight is 367 g/mol. The predicted molar refractivity (Wildman–Crippen MR) is 90.5 cm³/mol. The van der Waals surface area contributed by atoms with E-state index in [4.69, 9.17) is 4.74 Å². The Kier molecular flexibility index (Phi) is 4.83. The number of thiazole rings is 1. The van der Waals surface area contributed by atoms with Crippen LogP contribution in [0.5, 0.6) is 0 Å². The number of hydrogen-bond donors (Lipinski definition) is 1. The Bertz CT molecular complexity index is 834. The summed E-state index contributed by atoms with van der Waals surface area (Å²) in [6, 6.07) is 8.37. The fourth-order valence-electron chi connectivity index (χ4n) is 2.43. The molecular formula is C15H17N3O4S2. The molecular weight excluding hydrogens is 350 g/mol. The van der Waals surface area contributed by atoms with E-state index in [0.29, 0.717) is 18.1 Å². The van der Waals surface area contributed by atoms with Crippen LogP contribution in [0.4, 0.5) is 9.93 Å². The molecule has 0 saturated heterocycles. The quantitative estimate of drug-likeness (QED) is 0.897. The monoisotopic (exact) mass is 367 g/mol. The maximum Gasteiger partial charge on any atom is 0.413 e. The van der Waals surface area contributed by atoms with Crippen LogP contribution < -0.4 is 5.32 Å². The maximum atomic E-state index is 12.7. The largest absolute Gasteiger partial charge is 0.450 e. The molecule has 1 N–H and O–H groups in total. The second kappa shape index (κ2) is 6.88. The Balaban J connectivity index is 1.77. The van der Waals surface area contributed by atoms with Crippen molar-refractivity contribution in [1.82, 2.24) is 9.29 Å². The first kappa shape index (κ1) is 16.9. The number of aromatic nitrogens is 1. The Morgan fingerprint density at radius 1 is 1.38 bits per heavy atom. The van der Waals surface area contributed by atoms with E-state index in [1.54, 1.807) is 37.3 Å². The zero-order chi connectivity index (χ0) is 17.2. The van der Waals surface area contributed by atoms with Gasteiger partial charge in [0.05, 0.1) is 23.7 Å². The fraction of sp³-hybridized carbons (Fsp3) is 0.333. The third-order valence-corrected chi connectivity index (χ3v) is 6.42. The lowest BCUT2D eigenvalue weighted by Gasteiger charge is -2.25. The standard InChI is InChI=1S/C15H17N3O4S2/c1-2-22-15(19)17-14-16-12-8-9-18(10-13(12)23-14)24(20,21)11-6-4-3-5-7-11/h3-7H,2,8-10H2,1H3,(H,16,17,19). The van der Waals surface area contributed by atoms with Crippen molar-refractivity contribution in [2.45, 2.75) is 24.8 Å². The van der Waals surface area contributed by atoms with E-state index in [0.717, 1.165) is 10.6 Å². The van der Waals surface area contributed by atoms with Crippen LogP contribution in [-0.4, -0.2) is 37.0 Å². The molecule has 0 fully saturated rings. The smallest absolute Gasteiger partial charge is 0.413 e. The number of hydrogen-bond acceptors (Lipinski definition) is 6. The molecule has 2 heterocycles. The molecule has 0 bridgehead atoms. The van der Waals surface area contributed by atoms with Crippen molar-refractivity contribution in [3.8, 4) is 0 Å². The van der Waals surface area contributed by atoms with E-state index in [9.17, 15) is 13.2 Å². The Labute approximate surface area is 144 Å². The van der Waals surface area contributed by atoms with Gasteiger partial charge in [0.15, 0.2) is 5.13 Å². The van der Waals surface area contributed by atoms with Crippen LogP contribution >= 0.6 is 11.3 Å². The second-order valence-electron chi connectivity index (χ2n) is 5.14. The molecule has 0 spiro atoms. The molecule has 7 nitrogen and oxygen atoms in total. The van der Waals surface area contributed by atoms with Crippen molar-refractivity contribution < 1.29 is 17.9 Å². The summed E-state index contributed by atoms with van der Waals surface area (Å²) in [7, 11) is -3.53. The number of nitrogens with zero attached hydrogens (tertiary/aromatic N) is 2. The van der Waals surface area contributed by atoms with Crippen LogP contribution in [0.15, 0.2) is 35.2 Å². The number of benzene rings is 1. The number of fused-ring (bicyclic) bond motifs is 1. The molecule has 1 aromatic heterocycles. The maximum absolute atomic E-state index is 12.7. The number of carbonyl (C=O) groups excluding carboxylic acids is 1. The summed E-state index contributed by atoms with van der Waals surface area (Å²) in [5, 5.41) is 2.99. The van der Waals surface area contributed by atoms with E-state index in [-0.39, 0.29) is 18.0 Å². The van der Waals surface area contributed by atoms with Gasteiger partial charge in [-0.25, -0.2) is 18.2 Å². The van der Waals surface area contributed by atoms with Crippen LogP contribution in [0.2, 0.25) is 0 Å². The van der Waals surface area contributed by atoms with E-state index < -0.39 is 16.1 Å². The molecule has 0 atom stereocenters. The summed E-state index contributed by atoms with van der Waals surface area (Å²) >= 11 is 1.28. The summed E-state index contributed by atoms with van der Waals surface area (Å²) in [4.78, 5) is 16.9. The van der Waals surface area contributed by atoms with Crippen molar-refractivity contribution in [3.63, 3.8) is 0 Å². The van der Waals surface area contributed by atoms with E-state index in [2.05, 4.69) is 10.3 Å². The lowest BCUT2D eigenvalue weighted by Crippen LogP contribution is -2.35. The van der Waals surface area contributed by atoms with Gasteiger partial charge in [-0.05, 0) is 19.1 Å². The van der Waals surface area contributed by atoms with Gasteiger partial charge in [0.25, 0.3) is 0 Å². The average Bonchev–Trinajstić information content (AvgIpc) is 2.97. The van der Waals surface area contributed by atoms with Gasteiger partial charge in [-0.1, -0.05) is 29.5 Å². The van der Waals surface area contributed by atoms with Crippen molar-refractivity contribution >= 4 is 32.6 Å². The number of sulfonamides is 1. The highest BCUT2D eigenvalue weighted by atomic mass is 32.2. The van der Waals surface area contributed by atoms with Crippen LogP contribution in [0, 0.1) is 0 Å². The third kappa shape index (κ3) is 3.42. The molecule has 0 unspecified atom stereocenters. The Morgan fingerprint density at radius 2 is 2.12 bits per heavy atom. The van der Waals surface area contributed by atoms with Gasteiger partial charge in [0.1, 0.15) is 0 Å². The zero-order valence-electron chi connectivity index (χ0n) is 13.1. The normalized spacial score (nSPS) is 14.9. The number of ether oxygens (including phenoxy) is 1.